The molecule has 0 atom stereocenters. The van der Waals surface area contributed by atoms with Crippen molar-refractivity contribution in [1.29, 1.82) is 0 Å². The lowest BCUT2D eigenvalue weighted by atomic mass is 10.1. The summed E-state index contributed by atoms with van der Waals surface area (Å²) < 4.78 is 25.8. The predicted octanol–water partition coefficient (Wildman–Crippen LogP) is 2.32. The highest BCUT2D eigenvalue weighted by Gasteiger charge is 2.17. The number of hydrogen-bond acceptors (Lipinski definition) is 4. The highest BCUT2D eigenvalue weighted by Crippen LogP contribution is 2.16. The minimum atomic E-state index is -3.51. The molecule has 0 fully saturated rings. The van der Waals surface area contributed by atoms with Crippen LogP contribution in [-0.4, -0.2) is 46.9 Å². The average molecular weight is 375 g/mol. The zero-order valence-corrected chi connectivity index (χ0v) is 16.4. The van der Waals surface area contributed by atoms with E-state index in [1.165, 1.54) is 19.2 Å². The predicted molar refractivity (Wildman–Crippen MR) is 104 cm³/mol. The van der Waals surface area contributed by atoms with Crippen molar-refractivity contribution in [2.75, 3.05) is 32.6 Å². The molecule has 0 unspecified atom stereocenters. The summed E-state index contributed by atoms with van der Waals surface area (Å²) in [6, 6.07) is 14.0. The summed E-state index contributed by atoms with van der Waals surface area (Å²) in [6.07, 6.45) is 0. The summed E-state index contributed by atoms with van der Waals surface area (Å²) in [5.74, 6) is -0.127. The highest BCUT2D eigenvalue weighted by molar-refractivity contribution is 7.89. The van der Waals surface area contributed by atoms with Crippen LogP contribution in [0, 0.1) is 0 Å². The number of nitrogens with one attached hydrogen (secondary N) is 1. The number of hydrogen-bond donors (Lipinski definition) is 1. The van der Waals surface area contributed by atoms with E-state index >= 15 is 0 Å². The molecule has 0 aliphatic carbocycles. The maximum atomic E-state index is 12.7. The van der Waals surface area contributed by atoms with E-state index in [1.54, 1.807) is 17.0 Å². The largest absolute Gasteiger partial charge is 0.378 e. The summed E-state index contributed by atoms with van der Waals surface area (Å²) in [4.78, 5) is 16.6. The van der Waals surface area contributed by atoms with Gasteiger partial charge in [-0.3, -0.25) is 4.79 Å². The summed E-state index contributed by atoms with van der Waals surface area (Å²) in [5.41, 5.74) is 2.61. The Hall–Kier alpha value is -2.38. The van der Waals surface area contributed by atoms with Crippen LogP contribution >= 0.6 is 0 Å². The Morgan fingerprint density at radius 1 is 1.00 bits per heavy atom. The monoisotopic (exact) mass is 375 g/mol. The molecule has 0 aliphatic rings. The van der Waals surface area contributed by atoms with Gasteiger partial charge in [0.15, 0.2) is 0 Å². The fourth-order valence-electron chi connectivity index (χ4n) is 2.52. The Bertz CT molecular complexity index is 845. The quantitative estimate of drug-likeness (QED) is 0.806. The van der Waals surface area contributed by atoms with Gasteiger partial charge in [-0.1, -0.05) is 12.1 Å². The second kappa shape index (κ2) is 8.33. The Kier molecular flexibility index (Phi) is 6.39. The molecular weight excluding hydrogens is 350 g/mol. The molecule has 7 heteroatoms. The van der Waals surface area contributed by atoms with E-state index < -0.39 is 10.0 Å². The van der Waals surface area contributed by atoms with Crippen molar-refractivity contribution in [3.05, 3.63) is 59.7 Å². The Labute approximate surface area is 155 Å². The molecule has 2 aromatic carbocycles. The summed E-state index contributed by atoms with van der Waals surface area (Å²) in [7, 11) is 1.81. The molecule has 6 nitrogen and oxygen atoms in total. The van der Waals surface area contributed by atoms with Gasteiger partial charge in [0.05, 0.1) is 4.90 Å². The SMILES string of the molecule is CCN(Cc1ccc(N(C)C)cc1)C(=O)c1ccc(S(=O)(=O)NC)cc1. The number of carbonyl (C=O) groups excluding carboxylic acids is 1. The van der Waals surface area contributed by atoms with Crippen LogP contribution in [0.4, 0.5) is 5.69 Å². The van der Waals surface area contributed by atoms with Gasteiger partial charge in [-0.05, 0) is 55.9 Å². The van der Waals surface area contributed by atoms with Crippen molar-refractivity contribution in [3.63, 3.8) is 0 Å². The molecule has 26 heavy (non-hydrogen) atoms. The topological polar surface area (TPSA) is 69.7 Å². The van der Waals surface area contributed by atoms with E-state index in [0.29, 0.717) is 18.7 Å². The molecular formula is C19H25N3O3S. The second-order valence-electron chi connectivity index (χ2n) is 6.11. The Balaban J connectivity index is 2.15. The van der Waals surface area contributed by atoms with E-state index in [9.17, 15) is 13.2 Å². The molecule has 0 aliphatic heterocycles. The van der Waals surface area contributed by atoms with E-state index in [-0.39, 0.29) is 10.8 Å². The first-order valence-corrected chi connectivity index (χ1v) is 9.86. The average Bonchev–Trinajstić information content (AvgIpc) is 2.66. The lowest BCUT2D eigenvalue weighted by Gasteiger charge is -2.22. The molecule has 2 rings (SSSR count). The summed E-state index contributed by atoms with van der Waals surface area (Å²) in [5, 5.41) is 0. The highest BCUT2D eigenvalue weighted by atomic mass is 32.2. The van der Waals surface area contributed by atoms with Crippen LogP contribution in [0.15, 0.2) is 53.4 Å². The molecule has 0 spiro atoms. The number of rotatable bonds is 7. The van der Waals surface area contributed by atoms with Crippen LogP contribution in [0.2, 0.25) is 0 Å². The van der Waals surface area contributed by atoms with E-state index in [0.717, 1.165) is 11.3 Å². The Morgan fingerprint density at radius 2 is 1.58 bits per heavy atom. The molecule has 0 bridgehead atoms. The van der Waals surface area contributed by atoms with Gasteiger partial charge in [0.25, 0.3) is 5.91 Å². The molecule has 0 heterocycles. The van der Waals surface area contributed by atoms with Crippen molar-refractivity contribution in [1.82, 2.24) is 9.62 Å². The molecule has 1 amide bonds. The van der Waals surface area contributed by atoms with Crippen LogP contribution in [0.3, 0.4) is 0 Å². The number of sulfonamides is 1. The van der Waals surface area contributed by atoms with Crippen LogP contribution in [0.5, 0.6) is 0 Å². The number of carbonyl (C=O) groups is 1. The number of nitrogens with zero attached hydrogens (tertiary/aromatic N) is 2. The molecule has 0 radical (unpaired) electrons. The van der Waals surface area contributed by atoms with Gasteiger partial charge < -0.3 is 9.80 Å². The number of benzene rings is 2. The van der Waals surface area contributed by atoms with Crippen molar-refractivity contribution < 1.29 is 13.2 Å². The van der Waals surface area contributed by atoms with Crippen molar-refractivity contribution >= 4 is 21.6 Å². The number of anilines is 1. The van der Waals surface area contributed by atoms with Crippen molar-refractivity contribution in [2.24, 2.45) is 0 Å². The van der Waals surface area contributed by atoms with Crippen molar-refractivity contribution in [3.8, 4) is 0 Å². The fourth-order valence-corrected chi connectivity index (χ4v) is 3.25. The molecule has 2 aromatic rings. The lowest BCUT2D eigenvalue weighted by Crippen LogP contribution is -2.30. The first kappa shape index (κ1) is 19.9. The standard InChI is InChI=1S/C19H25N3O3S/c1-5-22(14-15-6-10-17(11-7-15)21(3)4)19(23)16-8-12-18(13-9-16)26(24,25)20-2/h6-13,20H,5,14H2,1-4H3. The van der Waals surface area contributed by atoms with Gasteiger partial charge in [0, 0.05) is 38.4 Å². The minimum Gasteiger partial charge on any atom is -0.378 e. The molecule has 0 aromatic heterocycles. The molecule has 0 saturated heterocycles. The van der Waals surface area contributed by atoms with E-state index in [4.69, 9.17) is 0 Å². The zero-order chi connectivity index (χ0) is 19.3. The minimum absolute atomic E-state index is 0.127. The third-order valence-corrected chi connectivity index (χ3v) is 5.61. The summed E-state index contributed by atoms with van der Waals surface area (Å²) >= 11 is 0. The molecule has 140 valence electrons. The van der Waals surface area contributed by atoms with Gasteiger partial charge in [0.1, 0.15) is 0 Å². The van der Waals surface area contributed by atoms with Crippen LogP contribution in [-0.2, 0) is 16.6 Å². The zero-order valence-electron chi connectivity index (χ0n) is 15.6. The maximum Gasteiger partial charge on any atom is 0.254 e. The van der Waals surface area contributed by atoms with Gasteiger partial charge >= 0.3 is 0 Å². The van der Waals surface area contributed by atoms with Crippen molar-refractivity contribution in [2.45, 2.75) is 18.4 Å². The number of amides is 1. The first-order valence-electron chi connectivity index (χ1n) is 8.37. The van der Waals surface area contributed by atoms with Gasteiger partial charge in [-0.25, -0.2) is 13.1 Å². The Morgan fingerprint density at radius 3 is 2.04 bits per heavy atom. The van der Waals surface area contributed by atoms with Crippen LogP contribution < -0.4 is 9.62 Å². The molecule has 0 saturated carbocycles. The third-order valence-electron chi connectivity index (χ3n) is 4.18. The molecule has 1 N–H and O–H groups in total. The second-order valence-corrected chi connectivity index (χ2v) is 8.00. The third kappa shape index (κ3) is 4.62. The van der Waals surface area contributed by atoms with Crippen LogP contribution in [0.25, 0.3) is 0 Å². The smallest absolute Gasteiger partial charge is 0.254 e. The van der Waals surface area contributed by atoms with Gasteiger partial charge in [-0.15, -0.1) is 0 Å². The van der Waals surface area contributed by atoms with Gasteiger partial charge in [-0.2, -0.15) is 0 Å². The normalized spacial score (nSPS) is 11.2. The first-order chi connectivity index (χ1) is 12.3. The van der Waals surface area contributed by atoms with Crippen LogP contribution in [0.1, 0.15) is 22.8 Å². The fraction of sp³-hybridized carbons (Fsp3) is 0.316. The lowest BCUT2D eigenvalue weighted by molar-refractivity contribution is 0.0752. The van der Waals surface area contributed by atoms with E-state index in [2.05, 4.69) is 4.72 Å². The van der Waals surface area contributed by atoms with E-state index in [1.807, 2.05) is 50.2 Å². The maximum absolute atomic E-state index is 12.7. The van der Waals surface area contributed by atoms with Gasteiger partial charge in [0.2, 0.25) is 10.0 Å². The summed E-state index contributed by atoms with van der Waals surface area (Å²) in [6.45, 7) is 2.98.